The summed E-state index contributed by atoms with van der Waals surface area (Å²) < 4.78 is 0. The van der Waals surface area contributed by atoms with Crippen molar-refractivity contribution in [1.82, 2.24) is 5.32 Å². The molecule has 14 heavy (non-hydrogen) atoms. The van der Waals surface area contributed by atoms with Crippen molar-refractivity contribution in [3.63, 3.8) is 0 Å². The Morgan fingerprint density at radius 1 is 1.14 bits per heavy atom. The third kappa shape index (κ3) is 5.60. The van der Waals surface area contributed by atoms with Gasteiger partial charge in [-0.1, -0.05) is 32.9 Å². The molecule has 0 amide bonds. The Balaban J connectivity index is 0.000000791. The first-order valence-corrected chi connectivity index (χ1v) is 5.31. The molecule has 1 aromatic carbocycles. The van der Waals surface area contributed by atoms with Crippen LogP contribution < -0.4 is 5.32 Å². The fourth-order valence-corrected chi connectivity index (χ4v) is 1.07. The highest BCUT2D eigenvalue weighted by atomic mass is 16.3. The molecule has 0 fully saturated rings. The lowest BCUT2D eigenvalue weighted by Gasteiger charge is -2.01. The SMILES string of the molecule is CC.CCNCCc1ccc(O)cc1. The predicted octanol–water partition coefficient (Wildman–Crippen LogP) is 2.57. The second-order valence-electron chi connectivity index (χ2n) is 2.77. The van der Waals surface area contributed by atoms with Crippen LogP contribution in [0.4, 0.5) is 0 Å². The summed E-state index contributed by atoms with van der Waals surface area (Å²) in [6.07, 6.45) is 1.02. The summed E-state index contributed by atoms with van der Waals surface area (Å²) in [5.41, 5.74) is 1.26. The average Bonchev–Trinajstić information content (AvgIpc) is 2.24. The van der Waals surface area contributed by atoms with E-state index in [-0.39, 0.29) is 0 Å². The summed E-state index contributed by atoms with van der Waals surface area (Å²) >= 11 is 0. The molecule has 0 heterocycles. The Labute approximate surface area is 87.0 Å². The molecule has 2 N–H and O–H groups in total. The molecule has 0 saturated carbocycles. The summed E-state index contributed by atoms with van der Waals surface area (Å²) in [6.45, 7) is 8.11. The van der Waals surface area contributed by atoms with Crippen molar-refractivity contribution in [1.29, 1.82) is 0 Å². The first kappa shape index (κ1) is 13.0. The minimum atomic E-state index is 0.335. The number of nitrogens with one attached hydrogen (secondary N) is 1. The van der Waals surface area contributed by atoms with Gasteiger partial charge in [0, 0.05) is 0 Å². The zero-order valence-corrected chi connectivity index (χ0v) is 9.38. The number of hydrogen-bond acceptors (Lipinski definition) is 2. The summed E-state index contributed by atoms with van der Waals surface area (Å²) in [6, 6.07) is 7.35. The van der Waals surface area contributed by atoms with E-state index in [1.807, 2.05) is 26.0 Å². The monoisotopic (exact) mass is 195 g/mol. The van der Waals surface area contributed by atoms with Crippen LogP contribution >= 0.6 is 0 Å². The highest BCUT2D eigenvalue weighted by Gasteiger charge is 1.91. The van der Waals surface area contributed by atoms with Gasteiger partial charge in [-0.3, -0.25) is 0 Å². The van der Waals surface area contributed by atoms with Crippen LogP contribution in [-0.4, -0.2) is 18.2 Å². The van der Waals surface area contributed by atoms with Crippen molar-refractivity contribution in [3.05, 3.63) is 29.8 Å². The van der Waals surface area contributed by atoms with Gasteiger partial charge in [-0.25, -0.2) is 0 Å². The van der Waals surface area contributed by atoms with Crippen molar-refractivity contribution < 1.29 is 5.11 Å². The number of aromatic hydroxyl groups is 1. The minimum absolute atomic E-state index is 0.335. The lowest BCUT2D eigenvalue weighted by Crippen LogP contribution is -2.15. The highest BCUT2D eigenvalue weighted by Crippen LogP contribution is 2.09. The maximum absolute atomic E-state index is 9.01. The van der Waals surface area contributed by atoms with Gasteiger partial charge < -0.3 is 10.4 Å². The molecular weight excluding hydrogens is 174 g/mol. The van der Waals surface area contributed by atoms with Crippen LogP contribution in [0.5, 0.6) is 5.75 Å². The second-order valence-corrected chi connectivity index (χ2v) is 2.77. The summed E-state index contributed by atoms with van der Waals surface area (Å²) in [5, 5.41) is 12.3. The zero-order chi connectivity index (χ0) is 10.8. The van der Waals surface area contributed by atoms with Gasteiger partial charge in [-0.05, 0) is 37.2 Å². The molecule has 1 aromatic rings. The quantitative estimate of drug-likeness (QED) is 0.724. The number of phenolic OH excluding ortho intramolecular Hbond substituents is 1. The van der Waals surface area contributed by atoms with Crippen molar-refractivity contribution in [2.24, 2.45) is 0 Å². The fourth-order valence-electron chi connectivity index (χ4n) is 1.07. The lowest BCUT2D eigenvalue weighted by molar-refractivity contribution is 0.475. The Kier molecular flexibility index (Phi) is 7.95. The lowest BCUT2D eigenvalue weighted by atomic mass is 10.1. The van der Waals surface area contributed by atoms with Gasteiger partial charge >= 0.3 is 0 Å². The highest BCUT2D eigenvalue weighted by molar-refractivity contribution is 5.25. The minimum Gasteiger partial charge on any atom is -0.508 e. The molecular formula is C12H21NO. The van der Waals surface area contributed by atoms with Crippen LogP contribution in [0.1, 0.15) is 26.3 Å². The third-order valence-corrected chi connectivity index (χ3v) is 1.78. The third-order valence-electron chi connectivity index (χ3n) is 1.78. The molecule has 0 unspecified atom stereocenters. The van der Waals surface area contributed by atoms with Gasteiger partial charge in [0.1, 0.15) is 5.75 Å². The van der Waals surface area contributed by atoms with Crippen LogP contribution in [0.15, 0.2) is 24.3 Å². The molecule has 1 rings (SSSR count). The van der Waals surface area contributed by atoms with Gasteiger partial charge in [0.25, 0.3) is 0 Å². The molecule has 0 bridgehead atoms. The second kappa shape index (κ2) is 8.57. The van der Waals surface area contributed by atoms with Crippen LogP contribution in [0.3, 0.4) is 0 Å². The predicted molar refractivity (Wildman–Crippen MR) is 61.7 cm³/mol. The van der Waals surface area contributed by atoms with Gasteiger partial charge in [0.2, 0.25) is 0 Å². The molecule has 2 heteroatoms. The van der Waals surface area contributed by atoms with Gasteiger partial charge in [-0.15, -0.1) is 0 Å². The molecule has 0 spiro atoms. The van der Waals surface area contributed by atoms with E-state index >= 15 is 0 Å². The van der Waals surface area contributed by atoms with E-state index in [1.165, 1.54) is 5.56 Å². The van der Waals surface area contributed by atoms with Crippen LogP contribution in [0.25, 0.3) is 0 Å². The van der Waals surface area contributed by atoms with Crippen molar-refractivity contribution in [3.8, 4) is 5.75 Å². The number of likely N-dealkylation sites (N-methyl/N-ethyl adjacent to an activating group) is 1. The molecule has 0 radical (unpaired) electrons. The smallest absolute Gasteiger partial charge is 0.115 e. The first-order chi connectivity index (χ1) is 6.83. The molecule has 80 valence electrons. The van der Waals surface area contributed by atoms with Crippen LogP contribution in [-0.2, 0) is 6.42 Å². The Bertz CT molecular complexity index is 218. The molecule has 0 saturated heterocycles. The number of benzene rings is 1. The van der Waals surface area contributed by atoms with Gasteiger partial charge in [0.05, 0.1) is 0 Å². The maximum atomic E-state index is 9.01. The van der Waals surface area contributed by atoms with E-state index in [9.17, 15) is 0 Å². The van der Waals surface area contributed by atoms with Crippen LogP contribution in [0.2, 0.25) is 0 Å². The molecule has 0 aliphatic carbocycles. The van der Waals surface area contributed by atoms with Crippen molar-refractivity contribution >= 4 is 0 Å². The fraction of sp³-hybridized carbons (Fsp3) is 0.500. The van der Waals surface area contributed by atoms with Crippen LogP contribution in [0, 0.1) is 0 Å². The van der Waals surface area contributed by atoms with Crippen molar-refractivity contribution in [2.75, 3.05) is 13.1 Å². The maximum Gasteiger partial charge on any atom is 0.115 e. The largest absolute Gasteiger partial charge is 0.508 e. The summed E-state index contributed by atoms with van der Waals surface area (Å²) in [5.74, 6) is 0.335. The van der Waals surface area contributed by atoms with Gasteiger partial charge in [-0.2, -0.15) is 0 Å². The number of phenols is 1. The first-order valence-electron chi connectivity index (χ1n) is 5.31. The molecule has 0 atom stereocenters. The van der Waals surface area contributed by atoms with E-state index in [0.717, 1.165) is 19.5 Å². The van der Waals surface area contributed by atoms with Gasteiger partial charge in [0.15, 0.2) is 0 Å². The van der Waals surface area contributed by atoms with E-state index in [0.29, 0.717) is 5.75 Å². The average molecular weight is 195 g/mol. The molecule has 0 aliphatic rings. The number of hydrogen-bond donors (Lipinski definition) is 2. The normalized spacial score (nSPS) is 9.07. The summed E-state index contributed by atoms with van der Waals surface area (Å²) in [4.78, 5) is 0. The molecule has 0 aromatic heterocycles. The van der Waals surface area contributed by atoms with E-state index < -0.39 is 0 Å². The van der Waals surface area contributed by atoms with E-state index in [4.69, 9.17) is 5.11 Å². The molecule has 2 nitrogen and oxygen atoms in total. The van der Waals surface area contributed by atoms with E-state index in [2.05, 4.69) is 12.2 Å². The Morgan fingerprint density at radius 2 is 1.71 bits per heavy atom. The Morgan fingerprint density at radius 3 is 2.21 bits per heavy atom. The zero-order valence-electron chi connectivity index (χ0n) is 9.38. The van der Waals surface area contributed by atoms with E-state index in [1.54, 1.807) is 12.1 Å². The number of rotatable bonds is 4. The Hall–Kier alpha value is -1.02. The topological polar surface area (TPSA) is 32.3 Å². The standard InChI is InChI=1S/C10H15NO.C2H6/c1-2-11-8-7-9-3-5-10(12)6-4-9;1-2/h3-6,11-12H,2,7-8H2,1H3;1-2H3. The molecule has 0 aliphatic heterocycles. The van der Waals surface area contributed by atoms with Crippen molar-refractivity contribution in [2.45, 2.75) is 27.2 Å². The summed E-state index contributed by atoms with van der Waals surface area (Å²) in [7, 11) is 0.